The van der Waals surface area contributed by atoms with Crippen LogP contribution in [-0.2, 0) is 55.8 Å². The minimum absolute atomic E-state index is 0.00563. The minimum Gasteiger partial charge on any atom is -0.481 e. The molecular formula is C36H40F2N5O5S2+. The van der Waals surface area contributed by atoms with Crippen LogP contribution in [0.1, 0.15) is 69.0 Å². The maximum atomic E-state index is 16.2. The van der Waals surface area contributed by atoms with E-state index in [2.05, 4.69) is 15.1 Å². The first-order chi connectivity index (χ1) is 23.6. The number of benzene rings is 2. The first kappa shape index (κ1) is 36.8. The van der Waals surface area contributed by atoms with Gasteiger partial charge < -0.3 is 10.1 Å². The fraction of sp³-hybridized carbons (Fsp3) is 0.389. The van der Waals surface area contributed by atoms with E-state index in [0.29, 0.717) is 69.8 Å². The van der Waals surface area contributed by atoms with Gasteiger partial charge in [0.25, 0.3) is 4.90 Å². The van der Waals surface area contributed by atoms with E-state index in [0.717, 1.165) is 5.39 Å². The largest absolute Gasteiger partial charge is 0.505 e. The van der Waals surface area contributed by atoms with E-state index >= 15 is 4.39 Å². The maximum Gasteiger partial charge on any atom is 0.505 e. The number of carboxylic acids is 1. The van der Waals surface area contributed by atoms with Crippen molar-refractivity contribution in [2.45, 2.75) is 69.6 Å². The Balaban J connectivity index is 1.38. The number of hydrogen-bond acceptors (Lipinski definition) is 7. The van der Waals surface area contributed by atoms with Crippen LogP contribution in [0.5, 0.6) is 0 Å². The van der Waals surface area contributed by atoms with Gasteiger partial charge >= 0.3 is 17.6 Å². The van der Waals surface area contributed by atoms with Gasteiger partial charge in [0, 0.05) is 58.7 Å². The van der Waals surface area contributed by atoms with Gasteiger partial charge in [0.15, 0.2) is 21.5 Å². The van der Waals surface area contributed by atoms with Crippen molar-refractivity contribution >= 4 is 38.4 Å². The number of aromatic amines is 1. The monoisotopic (exact) mass is 724 g/mol. The molecule has 50 heavy (non-hydrogen) atoms. The maximum absolute atomic E-state index is 16.2. The molecule has 0 amide bonds. The Morgan fingerprint density at radius 2 is 1.82 bits per heavy atom. The molecule has 0 saturated carbocycles. The summed E-state index contributed by atoms with van der Waals surface area (Å²) in [5.74, 6) is -1.54. The van der Waals surface area contributed by atoms with Crippen molar-refractivity contribution < 1.29 is 31.3 Å². The smallest absolute Gasteiger partial charge is 0.481 e. The summed E-state index contributed by atoms with van der Waals surface area (Å²) in [6, 6.07) is 12.6. The zero-order valence-corrected chi connectivity index (χ0v) is 30.0. The molecule has 3 heterocycles. The third kappa shape index (κ3) is 8.47. The molecule has 0 aliphatic carbocycles. The van der Waals surface area contributed by atoms with Crippen molar-refractivity contribution in [2.24, 2.45) is 12.5 Å². The number of aryl methyl sites for hydroxylation is 3. The summed E-state index contributed by atoms with van der Waals surface area (Å²) in [7, 11) is -1.85. The number of sulfone groups is 1. The molecule has 0 bridgehead atoms. The van der Waals surface area contributed by atoms with Crippen LogP contribution in [0.25, 0.3) is 22.4 Å². The Morgan fingerprint density at radius 1 is 1.04 bits per heavy atom. The zero-order chi connectivity index (χ0) is 36.3. The SMILES string of the molecule is Cn1nc([C@](C)(CCCC(C)(C)CS(=O)(=O)CCc2cc(F)cc3[nH]ccc23)c2cccc(CCC(=O)O)c2F)nc1-c1cc([S+]=O)ccn1. The highest BCUT2D eigenvalue weighted by atomic mass is 32.2. The van der Waals surface area contributed by atoms with E-state index in [1.54, 1.807) is 49.6 Å². The van der Waals surface area contributed by atoms with Gasteiger partial charge in [-0.1, -0.05) is 38.5 Å². The number of fused-ring (bicyclic) bond motifs is 1. The fourth-order valence-electron chi connectivity index (χ4n) is 6.57. The second-order valence-electron chi connectivity index (χ2n) is 13.7. The average molecular weight is 725 g/mol. The summed E-state index contributed by atoms with van der Waals surface area (Å²) >= 11 is 0.325. The topological polar surface area (TPSA) is 148 Å². The normalized spacial score (nSPS) is 13.4. The Labute approximate surface area is 293 Å². The number of rotatable bonds is 16. The number of aliphatic carboxylic acids is 1. The standard InChI is InChI=1S/C36H39F2N5O5S2/c1-35(2,22-50(47,48)18-13-24-19-25(37)20-29-27(24)12-17-39-29)14-6-15-36(3,28-8-5-7-23(32(28)38)9-10-31(44)45)34-41-33(43(4)42-34)30-21-26(49-46)11-16-40-30/h5,7-8,11-12,16-17,19-21,39H,6,9-10,13-15,18,22H2,1-4H3/p+1/t36-/m1/s1. The van der Waals surface area contributed by atoms with Gasteiger partial charge in [-0.05, 0) is 67.3 Å². The molecule has 0 aliphatic rings. The number of pyridine rings is 1. The minimum atomic E-state index is -3.54. The summed E-state index contributed by atoms with van der Waals surface area (Å²) in [5, 5.41) is 14.7. The molecule has 3 aromatic heterocycles. The van der Waals surface area contributed by atoms with Crippen LogP contribution in [0.3, 0.4) is 0 Å². The molecule has 0 fully saturated rings. The molecule has 1 atom stereocenters. The number of carbonyl (C=O) groups is 1. The molecule has 2 aromatic carbocycles. The van der Waals surface area contributed by atoms with E-state index in [-0.39, 0.29) is 36.3 Å². The van der Waals surface area contributed by atoms with Crippen LogP contribution < -0.4 is 0 Å². The number of H-pyrrole nitrogens is 1. The zero-order valence-electron chi connectivity index (χ0n) is 28.4. The summed E-state index contributed by atoms with van der Waals surface area (Å²) in [6.45, 7) is 5.59. The number of hydrogen-bond donors (Lipinski definition) is 2. The molecule has 264 valence electrons. The molecule has 0 radical (unpaired) electrons. The molecule has 0 aliphatic heterocycles. The summed E-state index contributed by atoms with van der Waals surface area (Å²) in [4.78, 5) is 23.8. The molecular weight excluding hydrogens is 685 g/mol. The van der Waals surface area contributed by atoms with Crippen molar-refractivity contribution in [3.8, 4) is 11.5 Å². The van der Waals surface area contributed by atoms with Crippen molar-refractivity contribution in [3.63, 3.8) is 0 Å². The highest BCUT2D eigenvalue weighted by Crippen LogP contribution is 2.40. The molecule has 14 heteroatoms. The summed E-state index contributed by atoms with van der Waals surface area (Å²) < 4.78 is 70.1. The van der Waals surface area contributed by atoms with E-state index in [9.17, 15) is 26.9 Å². The lowest BCUT2D eigenvalue weighted by Crippen LogP contribution is -2.30. The number of nitrogens with zero attached hydrogens (tertiary/aromatic N) is 4. The molecule has 0 spiro atoms. The van der Waals surface area contributed by atoms with Crippen LogP contribution >= 0.6 is 0 Å². The van der Waals surface area contributed by atoms with Crippen LogP contribution in [0.4, 0.5) is 8.78 Å². The molecule has 5 aromatic rings. The molecule has 0 unspecified atom stereocenters. The van der Waals surface area contributed by atoms with Gasteiger partial charge in [-0.3, -0.25) is 9.78 Å². The van der Waals surface area contributed by atoms with Crippen molar-refractivity contribution in [1.82, 2.24) is 24.7 Å². The van der Waals surface area contributed by atoms with Crippen LogP contribution in [0.2, 0.25) is 0 Å². The number of carboxylic acid groups (broad SMARTS) is 1. The van der Waals surface area contributed by atoms with Crippen molar-refractivity contribution in [1.29, 1.82) is 0 Å². The van der Waals surface area contributed by atoms with Gasteiger partial charge in [0.1, 0.15) is 17.3 Å². The average Bonchev–Trinajstić information content (AvgIpc) is 3.69. The number of halogens is 2. The summed E-state index contributed by atoms with van der Waals surface area (Å²) in [6.07, 6.45) is 4.46. The highest BCUT2D eigenvalue weighted by molar-refractivity contribution is 7.91. The number of aromatic nitrogens is 5. The lowest BCUT2D eigenvalue weighted by molar-refractivity contribution is -0.136. The molecule has 5 rings (SSSR count). The predicted octanol–water partition coefficient (Wildman–Crippen LogP) is 6.60. The van der Waals surface area contributed by atoms with Crippen molar-refractivity contribution in [3.05, 3.63) is 95.1 Å². The molecule has 2 N–H and O–H groups in total. The molecule has 10 nitrogen and oxygen atoms in total. The van der Waals surface area contributed by atoms with E-state index in [4.69, 9.17) is 4.98 Å². The van der Waals surface area contributed by atoms with E-state index in [1.165, 1.54) is 23.0 Å². The third-order valence-corrected chi connectivity index (χ3v) is 11.6. The Hall–Kier alpha value is -4.43. The van der Waals surface area contributed by atoms with Gasteiger partial charge in [0.05, 0.1) is 16.9 Å². The van der Waals surface area contributed by atoms with Crippen LogP contribution in [0, 0.1) is 17.0 Å². The Morgan fingerprint density at radius 3 is 2.56 bits per heavy atom. The third-order valence-electron chi connectivity index (χ3n) is 9.14. The Bertz CT molecular complexity index is 2150. The van der Waals surface area contributed by atoms with Crippen molar-refractivity contribution in [2.75, 3.05) is 11.5 Å². The first-order valence-electron chi connectivity index (χ1n) is 16.2. The van der Waals surface area contributed by atoms with Gasteiger partial charge in [-0.15, -0.1) is 0 Å². The van der Waals surface area contributed by atoms with Gasteiger partial charge in [0.2, 0.25) is 0 Å². The lowest BCUT2D eigenvalue weighted by Gasteiger charge is -2.31. The van der Waals surface area contributed by atoms with Gasteiger partial charge in [-0.25, -0.2) is 26.9 Å². The Kier molecular flexibility index (Phi) is 10.9. The lowest BCUT2D eigenvalue weighted by atomic mass is 9.75. The molecule has 0 saturated heterocycles. The second kappa shape index (κ2) is 14.8. The van der Waals surface area contributed by atoms with E-state index in [1.807, 2.05) is 20.8 Å². The predicted molar refractivity (Wildman–Crippen MR) is 188 cm³/mol. The van der Waals surface area contributed by atoms with Crippen LogP contribution in [-0.4, -0.2) is 55.7 Å². The van der Waals surface area contributed by atoms with Crippen LogP contribution in [0.15, 0.2) is 65.8 Å². The van der Waals surface area contributed by atoms with E-state index < -0.39 is 38.3 Å². The first-order valence-corrected chi connectivity index (χ1v) is 18.8. The summed E-state index contributed by atoms with van der Waals surface area (Å²) in [5.41, 5.74) is 0.482. The highest BCUT2D eigenvalue weighted by Gasteiger charge is 2.38. The second-order valence-corrected chi connectivity index (χ2v) is 16.5. The number of nitrogens with one attached hydrogen (secondary N) is 1. The quantitative estimate of drug-likeness (QED) is 0.108. The van der Waals surface area contributed by atoms with Gasteiger partial charge in [-0.2, -0.15) is 5.10 Å². The fourth-order valence-corrected chi connectivity index (χ4v) is 8.86.